The molecule has 4 heteroatoms. The summed E-state index contributed by atoms with van der Waals surface area (Å²) in [7, 11) is 0. The molecule has 22 heavy (non-hydrogen) atoms. The van der Waals surface area contributed by atoms with Gasteiger partial charge in [0.1, 0.15) is 0 Å². The van der Waals surface area contributed by atoms with Crippen LogP contribution in [0.4, 0.5) is 0 Å². The summed E-state index contributed by atoms with van der Waals surface area (Å²) >= 11 is 0. The zero-order chi connectivity index (χ0) is 15.7. The van der Waals surface area contributed by atoms with Crippen LogP contribution in [-0.4, -0.2) is 15.9 Å². The molecule has 3 rings (SSSR count). The lowest BCUT2D eigenvalue weighted by Gasteiger charge is -2.18. The number of hydrogen-bond acceptors (Lipinski definition) is 3. The number of carbonyl (C=O) groups is 1. The maximum atomic E-state index is 12.6. The van der Waals surface area contributed by atoms with E-state index in [-0.39, 0.29) is 11.9 Å². The van der Waals surface area contributed by atoms with E-state index in [1.807, 2.05) is 51.1 Å². The van der Waals surface area contributed by atoms with E-state index in [1.54, 1.807) is 0 Å². The van der Waals surface area contributed by atoms with Crippen molar-refractivity contribution < 1.29 is 4.79 Å². The fourth-order valence-corrected chi connectivity index (χ4v) is 2.79. The number of aryl methyl sites for hydroxylation is 3. The average Bonchev–Trinajstić information content (AvgIpc) is 3.28. The van der Waals surface area contributed by atoms with Gasteiger partial charge >= 0.3 is 0 Å². The Balaban J connectivity index is 1.83. The molecule has 1 atom stereocenters. The fraction of sp³-hybridized carbons (Fsp3) is 0.389. The Bertz CT molecular complexity index is 687. The summed E-state index contributed by atoms with van der Waals surface area (Å²) in [4.78, 5) is 21.5. The van der Waals surface area contributed by atoms with E-state index in [4.69, 9.17) is 0 Å². The Morgan fingerprint density at radius 3 is 2.36 bits per heavy atom. The smallest absolute Gasteiger partial charge is 0.251 e. The number of aromatic nitrogens is 2. The van der Waals surface area contributed by atoms with Crippen molar-refractivity contribution in [1.82, 2.24) is 15.3 Å². The van der Waals surface area contributed by atoms with E-state index >= 15 is 0 Å². The molecule has 0 unspecified atom stereocenters. The zero-order valence-corrected chi connectivity index (χ0v) is 13.3. The Morgan fingerprint density at radius 1 is 1.09 bits per heavy atom. The molecule has 1 N–H and O–H groups in total. The molecule has 0 saturated heterocycles. The lowest BCUT2D eigenvalue weighted by atomic mass is 10.1. The Hall–Kier alpha value is -2.23. The molecule has 2 aromatic heterocycles. The minimum Gasteiger partial charge on any atom is -0.343 e. The van der Waals surface area contributed by atoms with Crippen LogP contribution in [0.5, 0.6) is 0 Å². The number of carbonyl (C=O) groups excluding carboxylic acids is 1. The molecule has 0 bridgehead atoms. The zero-order valence-electron chi connectivity index (χ0n) is 13.3. The molecule has 1 fully saturated rings. The van der Waals surface area contributed by atoms with Crippen LogP contribution in [0.3, 0.4) is 0 Å². The van der Waals surface area contributed by atoms with Gasteiger partial charge < -0.3 is 5.32 Å². The summed E-state index contributed by atoms with van der Waals surface area (Å²) in [6, 6.07) is 9.64. The number of rotatable bonds is 4. The number of nitrogens with zero attached hydrogens (tertiary/aromatic N) is 2. The maximum absolute atomic E-state index is 12.6. The molecule has 0 radical (unpaired) electrons. The second-order valence-corrected chi connectivity index (χ2v) is 6.13. The molecule has 1 aliphatic carbocycles. The van der Waals surface area contributed by atoms with Crippen LogP contribution < -0.4 is 5.32 Å². The molecule has 1 amide bonds. The predicted molar refractivity (Wildman–Crippen MR) is 85.6 cm³/mol. The van der Waals surface area contributed by atoms with Crippen LogP contribution >= 0.6 is 0 Å². The number of amides is 1. The molecule has 2 heterocycles. The van der Waals surface area contributed by atoms with Gasteiger partial charge in [-0.25, -0.2) is 0 Å². The van der Waals surface area contributed by atoms with Crippen LogP contribution in [0.1, 0.15) is 52.0 Å². The van der Waals surface area contributed by atoms with Gasteiger partial charge in [-0.05, 0) is 63.8 Å². The third kappa shape index (κ3) is 3.32. The summed E-state index contributed by atoms with van der Waals surface area (Å²) in [5.74, 6) is 0.455. The first-order chi connectivity index (χ1) is 10.5. The average molecular weight is 295 g/mol. The van der Waals surface area contributed by atoms with Crippen LogP contribution in [0.25, 0.3) is 0 Å². The number of pyridine rings is 2. The highest BCUT2D eigenvalue weighted by Gasteiger charge is 2.34. The first kappa shape index (κ1) is 14.7. The molecule has 1 aliphatic rings. The SMILES string of the molecule is Cc1cc(C(=O)N[C@H](c2cccc(C)n2)C2CC2)cc(C)n1. The van der Waals surface area contributed by atoms with E-state index in [0.29, 0.717) is 11.5 Å². The van der Waals surface area contributed by atoms with E-state index in [0.717, 1.165) is 35.6 Å². The number of nitrogens with one attached hydrogen (secondary N) is 1. The van der Waals surface area contributed by atoms with Gasteiger partial charge in [0.25, 0.3) is 5.91 Å². The highest BCUT2D eigenvalue weighted by Crippen LogP contribution is 2.40. The first-order valence-corrected chi connectivity index (χ1v) is 7.72. The van der Waals surface area contributed by atoms with Crippen LogP contribution in [0, 0.1) is 26.7 Å². The second-order valence-electron chi connectivity index (χ2n) is 6.13. The van der Waals surface area contributed by atoms with Crippen molar-refractivity contribution in [2.24, 2.45) is 5.92 Å². The summed E-state index contributed by atoms with van der Waals surface area (Å²) in [6.07, 6.45) is 2.30. The minimum absolute atomic E-state index is 0.00109. The lowest BCUT2D eigenvalue weighted by molar-refractivity contribution is 0.0930. The van der Waals surface area contributed by atoms with Gasteiger partial charge in [-0.3, -0.25) is 14.8 Å². The summed E-state index contributed by atoms with van der Waals surface area (Å²) in [6.45, 7) is 5.79. The third-order valence-electron chi connectivity index (χ3n) is 3.95. The lowest BCUT2D eigenvalue weighted by Crippen LogP contribution is -2.30. The van der Waals surface area contributed by atoms with Crippen molar-refractivity contribution in [1.29, 1.82) is 0 Å². The molecule has 0 aliphatic heterocycles. The Kier molecular flexibility index (Phi) is 3.92. The Labute approximate surface area is 131 Å². The van der Waals surface area contributed by atoms with Gasteiger partial charge in [-0.1, -0.05) is 6.07 Å². The predicted octanol–water partition coefficient (Wildman–Crippen LogP) is 3.28. The van der Waals surface area contributed by atoms with Gasteiger partial charge in [-0.2, -0.15) is 0 Å². The second kappa shape index (κ2) is 5.87. The van der Waals surface area contributed by atoms with Crippen molar-refractivity contribution >= 4 is 5.91 Å². The van der Waals surface area contributed by atoms with Crippen LogP contribution in [-0.2, 0) is 0 Å². The van der Waals surface area contributed by atoms with Gasteiger partial charge in [-0.15, -0.1) is 0 Å². The van der Waals surface area contributed by atoms with Crippen molar-refractivity contribution in [3.63, 3.8) is 0 Å². The fourth-order valence-electron chi connectivity index (χ4n) is 2.79. The molecule has 2 aromatic rings. The van der Waals surface area contributed by atoms with Gasteiger partial charge in [0.05, 0.1) is 11.7 Å². The monoisotopic (exact) mass is 295 g/mol. The molecule has 0 aromatic carbocycles. The van der Waals surface area contributed by atoms with Gasteiger partial charge in [0.2, 0.25) is 0 Å². The summed E-state index contributed by atoms with van der Waals surface area (Å²) < 4.78 is 0. The van der Waals surface area contributed by atoms with E-state index in [2.05, 4.69) is 15.3 Å². The van der Waals surface area contributed by atoms with E-state index in [1.165, 1.54) is 0 Å². The van der Waals surface area contributed by atoms with Crippen molar-refractivity contribution in [3.05, 3.63) is 58.7 Å². The minimum atomic E-state index is -0.0474. The van der Waals surface area contributed by atoms with Gasteiger partial charge in [0.15, 0.2) is 0 Å². The molecule has 114 valence electrons. The largest absolute Gasteiger partial charge is 0.343 e. The highest BCUT2D eigenvalue weighted by molar-refractivity contribution is 5.94. The molecule has 4 nitrogen and oxygen atoms in total. The van der Waals surface area contributed by atoms with Crippen LogP contribution in [0.15, 0.2) is 30.3 Å². The summed E-state index contributed by atoms with van der Waals surface area (Å²) in [5, 5.41) is 3.16. The molecule has 1 saturated carbocycles. The van der Waals surface area contributed by atoms with Crippen molar-refractivity contribution in [2.45, 2.75) is 39.7 Å². The number of hydrogen-bond donors (Lipinski definition) is 1. The Morgan fingerprint density at radius 2 is 1.77 bits per heavy atom. The third-order valence-corrected chi connectivity index (χ3v) is 3.95. The maximum Gasteiger partial charge on any atom is 0.251 e. The topological polar surface area (TPSA) is 54.9 Å². The quantitative estimate of drug-likeness (QED) is 0.941. The van der Waals surface area contributed by atoms with Crippen LogP contribution in [0.2, 0.25) is 0 Å². The standard InChI is InChI=1S/C18H21N3O/c1-11-5-4-6-16(20-11)17(14-7-8-14)21-18(22)15-9-12(2)19-13(3)10-15/h4-6,9-10,14,17H,7-8H2,1-3H3,(H,21,22)/t17-/m0/s1. The highest BCUT2D eigenvalue weighted by atomic mass is 16.1. The molecular weight excluding hydrogens is 274 g/mol. The first-order valence-electron chi connectivity index (χ1n) is 7.72. The van der Waals surface area contributed by atoms with Crippen molar-refractivity contribution in [3.8, 4) is 0 Å². The molecule has 0 spiro atoms. The molecular formula is C18H21N3O. The normalized spacial score (nSPS) is 15.4. The van der Waals surface area contributed by atoms with E-state index in [9.17, 15) is 4.79 Å². The van der Waals surface area contributed by atoms with E-state index < -0.39 is 0 Å². The van der Waals surface area contributed by atoms with Crippen molar-refractivity contribution in [2.75, 3.05) is 0 Å². The summed E-state index contributed by atoms with van der Waals surface area (Å²) in [5.41, 5.74) is 4.33. The van der Waals surface area contributed by atoms with Gasteiger partial charge in [0, 0.05) is 22.6 Å².